The van der Waals surface area contributed by atoms with E-state index < -0.39 is 46.1 Å². The summed E-state index contributed by atoms with van der Waals surface area (Å²) in [6.45, 7) is -0.799. The number of benzene rings is 3. The van der Waals surface area contributed by atoms with Gasteiger partial charge in [0.1, 0.15) is 12.6 Å². The van der Waals surface area contributed by atoms with Crippen molar-refractivity contribution >= 4 is 39.1 Å². The topological polar surface area (TPSA) is 86.8 Å². The summed E-state index contributed by atoms with van der Waals surface area (Å²) in [5, 5.41) is 2.99. The number of amides is 2. The third kappa shape index (κ3) is 7.50. The van der Waals surface area contributed by atoms with Crippen LogP contribution < -0.4 is 9.62 Å². The molecule has 3 rings (SSSR count). The molecule has 11 heteroatoms. The molecule has 7 nitrogen and oxygen atoms in total. The van der Waals surface area contributed by atoms with Crippen LogP contribution in [0.2, 0.25) is 5.02 Å². The first-order valence-corrected chi connectivity index (χ1v) is 13.4. The van der Waals surface area contributed by atoms with Crippen molar-refractivity contribution in [3.63, 3.8) is 0 Å². The summed E-state index contributed by atoms with van der Waals surface area (Å²) >= 11 is 6.12. The van der Waals surface area contributed by atoms with Gasteiger partial charge in [-0.05, 0) is 35.4 Å². The molecule has 0 unspecified atom stereocenters. The molecule has 37 heavy (non-hydrogen) atoms. The molecule has 0 saturated heterocycles. The van der Waals surface area contributed by atoms with Crippen LogP contribution in [0.3, 0.4) is 0 Å². The van der Waals surface area contributed by atoms with Gasteiger partial charge in [-0.25, -0.2) is 17.2 Å². The van der Waals surface area contributed by atoms with Gasteiger partial charge in [0, 0.05) is 31.1 Å². The molecule has 0 radical (unpaired) electrons. The van der Waals surface area contributed by atoms with Crippen molar-refractivity contribution in [1.82, 2.24) is 10.2 Å². The average Bonchev–Trinajstić information content (AvgIpc) is 2.86. The van der Waals surface area contributed by atoms with Crippen molar-refractivity contribution in [1.29, 1.82) is 0 Å². The van der Waals surface area contributed by atoms with Gasteiger partial charge in [0.15, 0.2) is 11.6 Å². The Morgan fingerprint density at radius 3 is 2.22 bits per heavy atom. The first-order valence-electron chi connectivity index (χ1n) is 11.2. The fourth-order valence-electron chi connectivity index (χ4n) is 3.81. The van der Waals surface area contributed by atoms with E-state index in [4.69, 9.17) is 11.6 Å². The molecule has 0 aliphatic rings. The average molecular weight is 550 g/mol. The number of sulfonamides is 1. The predicted molar refractivity (Wildman–Crippen MR) is 139 cm³/mol. The second-order valence-electron chi connectivity index (χ2n) is 8.34. The van der Waals surface area contributed by atoms with Crippen LogP contribution in [-0.4, -0.2) is 51.0 Å². The zero-order valence-corrected chi connectivity index (χ0v) is 21.8. The Labute approximate surface area is 219 Å². The van der Waals surface area contributed by atoms with Crippen molar-refractivity contribution in [2.75, 3.05) is 24.2 Å². The van der Waals surface area contributed by atoms with Crippen molar-refractivity contribution in [3.05, 3.63) is 101 Å². The van der Waals surface area contributed by atoms with E-state index in [-0.39, 0.29) is 18.7 Å². The van der Waals surface area contributed by atoms with E-state index in [9.17, 15) is 26.8 Å². The summed E-state index contributed by atoms with van der Waals surface area (Å²) in [4.78, 5) is 28.0. The highest BCUT2D eigenvalue weighted by Crippen LogP contribution is 2.23. The zero-order valence-electron chi connectivity index (χ0n) is 20.2. The monoisotopic (exact) mass is 549 g/mol. The Bertz CT molecular complexity index is 1370. The van der Waals surface area contributed by atoms with Crippen LogP contribution in [0.15, 0.2) is 72.8 Å². The fourth-order valence-corrected chi connectivity index (χ4v) is 4.86. The molecule has 0 saturated carbocycles. The van der Waals surface area contributed by atoms with E-state index >= 15 is 0 Å². The number of hydrogen-bond donors (Lipinski definition) is 1. The van der Waals surface area contributed by atoms with E-state index in [1.54, 1.807) is 36.4 Å². The van der Waals surface area contributed by atoms with E-state index in [1.807, 2.05) is 18.2 Å². The van der Waals surface area contributed by atoms with Gasteiger partial charge >= 0.3 is 0 Å². The highest BCUT2D eigenvalue weighted by Gasteiger charge is 2.32. The maximum absolute atomic E-state index is 13.9. The van der Waals surface area contributed by atoms with Crippen LogP contribution in [0.4, 0.5) is 14.5 Å². The van der Waals surface area contributed by atoms with Crippen LogP contribution >= 0.6 is 11.6 Å². The third-order valence-corrected chi connectivity index (χ3v) is 7.01. The number of likely N-dealkylation sites (N-methyl/N-ethyl adjacent to an activating group) is 1. The normalized spacial score (nSPS) is 12.0. The number of halogens is 3. The number of rotatable bonds is 10. The largest absolute Gasteiger partial charge is 0.357 e. The lowest BCUT2D eigenvalue weighted by atomic mass is 10.0. The van der Waals surface area contributed by atoms with Crippen LogP contribution in [0, 0.1) is 11.6 Å². The van der Waals surface area contributed by atoms with Crippen LogP contribution in [-0.2, 0) is 32.6 Å². The molecule has 3 aromatic rings. The van der Waals surface area contributed by atoms with Gasteiger partial charge in [-0.3, -0.25) is 13.9 Å². The highest BCUT2D eigenvalue weighted by molar-refractivity contribution is 7.92. The van der Waals surface area contributed by atoms with E-state index in [2.05, 4.69) is 5.32 Å². The minimum Gasteiger partial charge on any atom is -0.357 e. The molecular formula is C26H26ClF2N3O4S. The standard InChI is InChI=1S/C26H26ClF2N3O4S/c1-30-26(34)24(14-18-7-4-3-5-8-18)31(16-19-9-6-10-20(27)13-19)25(33)17-32(37(2,35)36)21-11-12-22(28)23(29)15-21/h3-13,15,24H,14,16-17H2,1-2H3,(H,30,34)/t24-/m0/s1. The molecule has 1 atom stereocenters. The molecule has 0 aromatic heterocycles. The minimum atomic E-state index is -4.09. The van der Waals surface area contributed by atoms with E-state index in [0.717, 1.165) is 24.0 Å². The Morgan fingerprint density at radius 2 is 1.62 bits per heavy atom. The Balaban J connectivity index is 2.04. The third-order valence-electron chi connectivity index (χ3n) is 5.63. The molecule has 0 aliphatic carbocycles. The van der Waals surface area contributed by atoms with Gasteiger partial charge in [-0.2, -0.15) is 0 Å². The van der Waals surface area contributed by atoms with Crippen molar-refractivity contribution in [3.8, 4) is 0 Å². The van der Waals surface area contributed by atoms with Gasteiger partial charge in [0.2, 0.25) is 21.8 Å². The number of carbonyl (C=O) groups excluding carboxylic acids is 2. The smallest absolute Gasteiger partial charge is 0.244 e. The quantitative estimate of drug-likeness (QED) is 0.417. The number of nitrogens with one attached hydrogen (secondary N) is 1. The molecule has 0 heterocycles. The van der Waals surface area contributed by atoms with Crippen molar-refractivity contribution < 1.29 is 26.8 Å². The molecule has 2 amide bonds. The summed E-state index contributed by atoms with van der Waals surface area (Å²) in [6.07, 6.45) is 1.000. The molecule has 3 aromatic carbocycles. The number of nitrogens with zero attached hydrogens (tertiary/aromatic N) is 2. The highest BCUT2D eigenvalue weighted by atomic mass is 35.5. The summed E-state index contributed by atoms with van der Waals surface area (Å²) in [5.74, 6) is -3.60. The minimum absolute atomic E-state index is 0.0559. The van der Waals surface area contributed by atoms with Gasteiger partial charge in [-0.15, -0.1) is 0 Å². The van der Waals surface area contributed by atoms with E-state index in [1.165, 1.54) is 11.9 Å². The lowest BCUT2D eigenvalue weighted by Gasteiger charge is -2.33. The molecule has 0 fully saturated rings. The molecule has 0 aliphatic heterocycles. The first-order chi connectivity index (χ1) is 17.5. The van der Waals surface area contributed by atoms with Crippen molar-refractivity contribution in [2.24, 2.45) is 0 Å². The number of carbonyl (C=O) groups is 2. The number of hydrogen-bond acceptors (Lipinski definition) is 4. The summed E-state index contributed by atoms with van der Waals surface area (Å²) < 4.78 is 53.2. The lowest BCUT2D eigenvalue weighted by molar-refractivity contribution is -0.139. The Hall–Kier alpha value is -3.50. The SMILES string of the molecule is CNC(=O)[C@H](Cc1ccccc1)N(Cc1cccc(Cl)c1)C(=O)CN(c1ccc(F)c(F)c1)S(C)(=O)=O. The second kappa shape index (κ2) is 12.2. The number of anilines is 1. The van der Waals surface area contributed by atoms with Crippen molar-refractivity contribution in [2.45, 2.75) is 19.0 Å². The fraction of sp³-hybridized carbons (Fsp3) is 0.231. The van der Waals surface area contributed by atoms with Crippen LogP contribution in [0.25, 0.3) is 0 Å². The van der Waals surface area contributed by atoms with Crippen LogP contribution in [0.5, 0.6) is 0 Å². The van der Waals surface area contributed by atoms with Crippen LogP contribution in [0.1, 0.15) is 11.1 Å². The first kappa shape index (κ1) is 28.1. The molecule has 1 N–H and O–H groups in total. The summed E-state index contributed by atoms with van der Waals surface area (Å²) in [7, 11) is -2.65. The molecule has 196 valence electrons. The van der Waals surface area contributed by atoms with Gasteiger partial charge in [-0.1, -0.05) is 54.1 Å². The Kier molecular flexibility index (Phi) is 9.23. The van der Waals surface area contributed by atoms with Gasteiger partial charge in [0.05, 0.1) is 11.9 Å². The maximum atomic E-state index is 13.9. The zero-order chi connectivity index (χ0) is 27.2. The van der Waals surface area contributed by atoms with Gasteiger partial charge in [0.25, 0.3) is 0 Å². The summed E-state index contributed by atoms with van der Waals surface area (Å²) in [5.41, 5.74) is 1.17. The molecule has 0 spiro atoms. The molecule has 0 bridgehead atoms. The summed E-state index contributed by atoms with van der Waals surface area (Å²) in [6, 6.07) is 17.3. The maximum Gasteiger partial charge on any atom is 0.244 e. The molecular weight excluding hydrogens is 524 g/mol. The lowest BCUT2D eigenvalue weighted by Crippen LogP contribution is -2.52. The predicted octanol–water partition coefficient (Wildman–Crippen LogP) is 3.77. The van der Waals surface area contributed by atoms with E-state index in [0.29, 0.717) is 21.0 Å². The Morgan fingerprint density at radius 1 is 0.946 bits per heavy atom. The van der Waals surface area contributed by atoms with Gasteiger partial charge < -0.3 is 10.2 Å². The second-order valence-corrected chi connectivity index (χ2v) is 10.7.